The number of nitrogens with one attached hydrogen (secondary N) is 2. The van der Waals surface area contributed by atoms with Crippen LogP contribution in [-0.4, -0.2) is 17.5 Å². The molecule has 1 aromatic heterocycles. The molecule has 0 fully saturated rings. The van der Waals surface area contributed by atoms with Crippen LogP contribution in [0.25, 0.3) is 11.5 Å². The molecule has 0 saturated carbocycles. The zero-order valence-electron chi connectivity index (χ0n) is 14.6. The van der Waals surface area contributed by atoms with Gasteiger partial charge in [0.25, 0.3) is 0 Å². The molecule has 0 spiro atoms. The van der Waals surface area contributed by atoms with E-state index in [1.165, 1.54) is 12.1 Å². The van der Waals surface area contributed by atoms with Crippen LogP contribution < -0.4 is 10.6 Å². The van der Waals surface area contributed by atoms with E-state index in [4.69, 9.17) is 4.42 Å². The van der Waals surface area contributed by atoms with Crippen molar-refractivity contribution in [1.29, 1.82) is 0 Å². The van der Waals surface area contributed by atoms with Gasteiger partial charge in [-0.1, -0.05) is 30.3 Å². The van der Waals surface area contributed by atoms with Crippen molar-refractivity contribution >= 4 is 5.96 Å². The molecule has 0 aliphatic heterocycles. The molecule has 2 aromatic carbocycles. The van der Waals surface area contributed by atoms with E-state index >= 15 is 0 Å². The maximum absolute atomic E-state index is 13.0. The van der Waals surface area contributed by atoms with Crippen LogP contribution in [0.2, 0.25) is 0 Å². The lowest BCUT2D eigenvalue weighted by Gasteiger charge is -2.10. The molecule has 0 amide bonds. The molecule has 0 aliphatic carbocycles. The summed E-state index contributed by atoms with van der Waals surface area (Å²) in [7, 11) is 0. The van der Waals surface area contributed by atoms with E-state index in [2.05, 4.69) is 20.6 Å². The Morgan fingerprint density at radius 1 is 1.08 bits per heavy atom. The largest absolute Gasteiger partial charge is 0.444 e. The molecule has 0 saturated heterocycles. The van der Waals surface area contributed by atoms with E-state index in [0.29, 0.717) is 24.9 Å². The quantitative estimate of drug-likeness (QED) is 0.524. The van der Waals surface area contributed by atoms with Crippen molar-refractivity contribution in [3.8, 4) is 11.5 Å². The highest BCUT2D eigenvalue weighted by Gasteiger charge is 2.07. The summed E-state index contributed by atoms with van der Waals surface area (Å²) in [6.45, 7) is 3.69. The van der Waals surface area contributed by atoms with Crippen LogP contribution in [0.5, 0.6) is 0 Å². The summed E-state index contributed by atoms with van der Waals surface area (Å²) in [6, 6.07) is 16.1. The number of guanidine groups is 1. The van der Waals surface area contributed by atoms with Gasteiger partial charge in [0.05, 0.1) is 18.8 Å². The number of aromatic nitrogens is 1. The summed E-state index contributed by atoms with van der Waals surface area (Å²) in [6.07, 6.45) is 1.64. The van der Waals surface area contributed by atoms with E-state index in [9.17, 15) is 4.39 Å². The fourth-order valence-electron chi connectivity index (χ4n) is 2.38. The van der Waals surface area contributed by atoms with Crippen LogP contribution >= 0.6 is 0 Å². The Bertz CT molecular complexity index is 844. The molecule has 6 heteroatoms. The fraction of sp³-hybridized carbons (Fsp3) is 0.200. The maximum Gasteiger partial charge on any atom is 0.226 e. The maximum atomic E-state index is 13.0. The standard InChI is InChI=1S/C20H21FN4O/c1-2-22-20(23-12-15-8-10-17(21)11-9-15)24-13-18-14-26-19(25-18)16-6-4-3-5-7-16/h3-11,14H,2,12-13H2,1H3,(H2,22,23,24). The van der Waals surface area contributed by atoms with Crippen molar-refractivity contribution in [3.63, 3.8) is 0 Å². The summed E-state index contributed by atoms with van der Waals surface area (Å²) < 4.78 is 18.5. The summed E-state index contributed by atoms with van der Waals surface area (Å²) in [4.78, 5) is 8.99. The highest BCUT2D eigenvalue weighted by Crippen LogP contribution is 2.17. The summed E-state index contributed by atoms with van der Waals surface area (Å²) >= 11 is 0. The Hall–Kier alpha value is -3.15. The Kier molecular flexibility index (Phi) is 5.98. The molecule has 0 aliphatic rings. The zero-order chi connectivity index (χ0) is 18.2. The van der Waals surface area contributed by atoms with Gasteiger partial charge in [-0.2, -0.15) is 0 Å². The minimum absolute atomic E-state index is 0.247. The minimum atomic E-state index is -0.247. The van der Waals surface area contributed by atoms with E-state index in [-0.39, 0.29) is 5.82 Å². The van der Waals surface area contributed by atoms with Gasteiger partial charge in [-0.3, -0.25) is 0 Å². The Morgan fingerprint density at radius 3 is 2.58 bits per heavy atom. The summed E-state index contributed by atoms with van der Waals surface area (Å²) in [5.41, 5.74) is 2.67. The lowest BCUT2D eigenvalue weighted by molar-refractivity contribution is 0.572. The van der Waals surface area contributed by atoms with E-state index in [1.54, 1.807) is 18.4 Å². The average molecular weight is 352 g/mol. The van der Waals surface area contributed by atoms with Gasteiger partial charge in [0.2, 0.25) is 5.89 Å². The molecule has 134 valence electrons. The predicted molar refractivity (Wildman–Crippen MR) is 100.0 cm³/mol. The summed E-state index contributed by atoms with van der Waals surface area (Å²) in [5, 5.41) is 6.41. The number of nitrogens with zero attached hydrogens (tertiary/aromatic N) is 2. The summed E-state index contributed by atoms with van der Waals surface area (Å²) in [5.74, 6) is 1.01. The number of hydrogen-bond donors (Lipinski definition) is 2. The first-order valence-electron chi connectivity index (χ1n) is 8.51. The van der Waals surface area contributed by atoms with Gasteiger partial charge in [-0.05, 0) is 36.8 Å². The zero-order valence-corrected chi connectivity index (χ0v) is 14.6. The van der Waals surface area contributed by atoms with Crippen LogP contribution in [0.1, 0.15) is 18.2 Å². The third kappa shape index (κ3) is 4.92. The molecule has 2 N–H and O–H groups in total. The molecule has 0 bridgehead atoms. The van der Waals surface area contributed by atoms with Gasteiger partial charge < -0.3 is 15.1 Å². The first-order valence-corrected chi connectivity index (χ1v) is 8.51. The van der Waals surface area contributed by atoms with Crippen LogP contribution in [0, 0.1) is 5.82 Å². The number of oxazole rings is 1. The Morgan fingerprint density at radius 2 is 1.85 bits per heavy atom. The number of rotatable bonds is 6. The molecule has 26 heavy (non-hydrogen) atoms. The van der Waals surface area contributed by atoms with Gasteiger partial charge in [0.15, 0.2) is 5.96 Å². The number of aliphatic imine (C=N–C) groups is 1. The first-order chi connectivity index (χ1) is 12.7. The lowest BCUT2D eigenvalue weighted by Crippen LogP contribution is -2.36. The number of halogens is 1. The highest BCUT2D eigenvalue weighted by atomic mass is 19.1. The van der Waals surface area contributed by atoms with Crippen molar-refractivity contribution in [3.05, 3.63) is 77.9 Å². The number of benzene rings is 2. The van der Waals surface area contributed by atoms with Gasteiger partial charge in [-0.15, -0.1) is 0 Å². The van der Waals surface area contributed by atoms with Crippen LogP contribution in [0.4, 0.5) is 4.39 Å². The lowest BCUT2D eigenvalue weighted by atomic mass is 10.2. The molecule has 0 radical (unpaired) electrons. The molecule has 3 rings (SSSR count). The van der Waals surface area contributed by atoms with Crippen molar-refractivity contribution < 1.29 is 8.81 Å². The van der Waals surface area contributed by atoms with Crippen molar-refractivity contribution in [2.75, 3.05) is 6.54 Å². The molecular formula is C20H21FN4O. The van der Waals surface area contributed by atoms with Gasteiger partial charge in [0.1, 0.15) is 12.1 Å². The van der Waals surface area contributed by atoms with E-state index < -0.39 is 0 Å². The van der Waals surface area contributed by atoms with Gasteiger partial charge in [-0.25, -0.2) is 14.4 Å². The number of hydrogen-bond acceptors (Lipinski definition) is 3. The Labute approximate surface area is 152 Å². The fourth-order valence-corrected chi connectivity index (χ4v) is 2.38. The molecule has 0 unspecified atom stereocenters. The smallest absolute Gasteiger partial charge is 0.226 e. The SMILES string of the molecule is CCNC(=NCc1ccc(F)cc1)NCc1coc(-c2ccccc2)n1. The molecule has 3 aromatic rings. The highest BCUT2D eigenvalue weighted by molar-refractivity contribution is 5.79. The minimum Gasteiger partial charge on any atom is -0.444 e. The second kappa shape index (κ2) is 8.80. The molecule has 5 nitrogen and oxygen atoms in total. The van der Waals surface area contributed by atoms with E-state index in [1.807, 2.05) is 37.3 Å². The average Bonchev–Trinajstić information content (AvgIpc) is 3.15. The van der Waals surface area contributed by atoms with Gasteiger partial charge >= 0.3 is 0 Å². The predicted octanol–water partition coefficient (Wildman–Crippen LogP) is 3.74. The second-order valence-corrected chi connectivity index (χ2v) is 5.69. The third-order valence-corrected chi connectivity index (χ3v) is 3.69. The van der Waals surface area contributed by atoms with Crippen LogP contribution in [-0.2, 0) is 13.1 Å². The van der Waals surface area contributed by atoms with Crippen molar-refractivity contribution in [2.24, 2.45) is 4.99 Å². The third-order valence-electron chi connectivity index (χ3n) is 3.69. The topological polar surface area (TPSA) is 62.5 Å². The monoisotopic (exact) mass is 352 g/mol. The second-order valence-electron chi connectivity index (χ2n) is 5.69. The Balaban J connectivity index is 1.61. The van der Waals surface area contributed by atoms with Crippen molar-refractivity contribution in [2.45, 2.75) is 20.0 Å². The molecule has 1 heterocycles. The normalized spacial score (nSPS) is 11.4. The van der Waals surface area contributed by atoms with Gasteiger partial charge in [0, 0.05) is 12.1 Å². The first kappa shape index (κ1) is 17.7. The van der Waals surface area contributed by atoms with Crippen LogP contribution in [0.3, 0.4) is 0 Å². The van der Waals surface area contributed by atoms with E-state index in [0.717, 1.165) is 23.4 Å². The van der Waals surface area contributed by atoms with Crippen LogP contribution in [0.15, 0.2) is 70.3 Å². The molecular weight excluding hydrogens is 331 g/mol. The molecule has 0 atom stereocenters. The van der Waals surface area contributed by atoms with Crippen molar-refractivity contribution in [1.82, 2.24) is 15.6 Å².